The fourth-order valence-electron chi connectivity index (χ4n) is 1.25. The van der Waals surface area contributed by atoms with Gasteiger partial charge in [0.25, 0.3) is 0 Å². The van der Waals surface area contributed by atoms with Crippen LogP contribution < -0.4 is 0 Å². The van der Waals surface area contributed by atoms with Crippen molar-refractivity contribution in [3.63, 3.8) is 0 Å². The molecular weight excluding hydrogens is 218 g/mol. The van der Waals surface area contributed by atoms with Crippen LogP contribution >= 0.6 is 0 Å². The van der Waals surface area contributed by atoms with Gasteiger partial charge in [0.1, 0.15) is 6.10 Å². The number of ether oxygens (including phenoxy) is 2. The highest BCUT2D eigenvalue weighted by Crippen LogP contribution is 2.19. The molecule has 0 saturated carbocycles. The highest BCUT2D eigenvalue weighted by molar-refractivity contribution is 5.60. The van der Waals surface area contributed by atoms with Crippen LogP contribution in [0.4, 0.5) is 4.79 Å². The van der Waals surface area contributed by atoms with Crippen molar-refractivity contribution < 1.29 is 14.3 Å². The molecule has 0 saturated heterocycles. The zero-order valence-electron chi connectivity index (χ0n) is 9.50. The molecule has 0 aliphatic rings. The van der Waals surface area contributed by atoms with Crippen LogP contribution in [-0.4, -0.2) is 12.8 Å². The SMILES string of the molecule is CCOC(=O)OC(/C=C\C#N)c1ccccc1. The first-order valence-corrected chi connectivity index (χ1v) is 5.22. The van der Waals surface area contributed by atoms with E-state index in [-0.39, 0.29) is 6.61 Å². The van der Waals surface area contributed by atoms with E-state index >= 15 is 0 Å². The third kappa shape index (κ3) is 4.39. The molecule has 0 N–H and O–H groups in total. The summed E-state index contributed by atoms with van der Waals surface area (Å²) in [6, 6.07) is 11.0. The molecule has 0 aliphatic heterocycles. The lowest BCUT2D eigenvalue weighted by Crippen LogP contribution is -2.11. The largest absolute Gasteiger partial charge is 0.509 e. The van der Waals surface area contributed by atoms with Crippen LogP contribution in [0, 0.1) is 11.3 Å². The van der Waals surface area contributed by atoms with E-state index in [1.807, 2.05) is 36.4 Å². The van der Waals surface area contributed by atoms with Crippen LogP contribution in [0.3, 0.4) is 0 Å². The first-order valence-electron chi connectivity index (χ1n) is 5.22. The van der Waals surface area contributed by atoms with Crippen LogP contribution in [-0.2, 0) is 9.47 Å². The molecule has 1 unspecified atom stereocenters. The van der Waals surface area contributed by atoms with Crippen molar-refractivity contribution in [1.29, 1.82) is 5.26 Å². The summed E-state index contributed by atoms with van der Waals surface area (Å²) in [5.74, 6) is 0. The van der Waals surface area contributed by atoms with Crippen molar-refractivity contribution in [3.8, 4) is 6.07 Å². The third-order valence-electron chi connectivity index (χ3n) is 1.96. The second-order valence-electron chi connectivity index (χ2n) is 3.12. The van der Waals surface area contributed by atoms with Gasteiger partial charge in [-0.25, -0.2) is 4.79 Å². The van der Waals surface area contributed by atoms with E-state index in [9.17, 15) is 4.79 Å². The van der Waals surface area contributed by atoms with Gasteiger partial charge in [0.2, 0.25) is 0 Å². The topological polar surface area (TPSA) is 59.3 Å². The lowest BCUT2D eigenvalue weighted by atomic mass is 10.1. The zero-order valence-corrected chi connectivity index (χ0v) is 9.50. The Morgan fingerprint density at radius 3 is 2.76 bits per heavy atom. The quantitative estimate of drug-likeness (QED) is 0.590. The minimum absolute atomic E-state index is 0.252. The molecule has 0 amide bonds. The van der Waals surface area contributed by atoms with Gasteiger partial charge in [0, 0.05) is 6.08 Å². The molecule has 1 atom stereocenters. The van der Waals surface area contributed by atoms with Gasteiger partial charge in [-0.05, 0) is 18.6 Å². The third-order valence-corrected chi connectivity index (χ3v) is 1.96. The number of carbonyl (C=O) groups excluding carboxylic acids is 1. The van der Waals surface area contributed by atoms with E-state index in [1.165, 1.54) is 12.2 Å². The number of nitriles is 1. The fraction of sp³-hybridized carbons (Fsp3) is 0.231. The van der Waals surface area contributed by atoms with E-state index in [4.69, 9.17) is 14.7 Å². The van der Waals surface area contributed by atoms with Crippen LogP contribution in [0.25, 0.3) is 0 Å². The number of rotatable bonds is 4. The molecule has 1 aromatic rings. The molecule has 88 valence electrons. The Hall–Kier alpha value is -2.28. The summed E-state index contributed by atoms with van der Waals surface area (Å²) in [4.78, 5) is 11.2. The molecule has 0 heterocycles. The van der Waals surface area contributed by atoms with E-state index < -0.39 is 12.3 Å². The Kier molecular flexibility index (Phi) is 5.32. The molecule has 4 heteroatoms. The molecule has 0 aromatic heterocycles. The number of hydrogen-bond donors (Lipinski definition) is 0. The van der Waals surface area contributed by atoms with Crippen LogP contribution in [0.2, 0.25) is 0 Å². The van der Waals surface area contributed by atoms with Crippen molar-refractivity contribution in [2.45, 2.75) is 13.0 Å². The highest BCUT2D eigenvalue weighted by atomic mass is 16.7. The molecule has 1 aromatic carbocycles. The zero-order chi connectivity index (χ0) is 12.5. The lowest BCUT2D eigenvalue weighted by Gasteiger charge is -2.13. The van der Waals surface area contributed by atoms with Gasteiger partial charge < -0.3 is 9.47 Å². The normalized spacial score (nSPS) is 11.8. The smallest absolute Gasteiger partial charge is 0.435 e. The average Bonchev–Trinajstić information content (AvgIpc) is 2.36. The number of nitrogens with zero attached hydrogens (tertiary/aromatic N) is 1. The van der Waals surface area contributed by atoms with Crippen molar-refractivity contribution >= 4 is 6.16 Å². The number of carbonyl (C=O) groups is 1. The van der Waals surface area contributed by atoms with Crippen LogP contribution in [0.1, 0.15) is 18.6 Å². The minimum Gasteiger partial charge on any atom is -0.435 e. The summed E-state index contributed by atoms with van der Waals surface area (Å²) in [7, 11) is 0. The maximum absolute atomic E-state index is 11.2. The molecule has 4 nitrogen and oxygen atoms in total. The Labute approximate surface area is 100 Å². The summed E-state index contributed by atoms with van der Waals surface area (Å²) < 4.78 is 9.78. The van der Waals surface area contributed by atoms with E-state index in [0.717, 1.165) is 5.56 Å². The number of hydrogen-bond acceptors (Lipinski definition) is 4. The van der Waals surface area contributed by atoms with Gasteiger partial charge in [-0.15, -0.1) is 0 Å². The molecule has 0 fully saturated rings. The molecule has 0 bridgehead atoms. The van der Waals surface area contributed by atoms with Gasteiger partial charge in [0.15, 0.2) is 0 Å². The van der Waals surface area contributed by atoms with Crippen molar-refractivity contribution in [3.05, 3.63) is 48.0 Å². The summed E-state index contributed by atoms with van der Waals surface area (Å²) in [6.45, 7) is 1.95. The Morgan fingerprint density at radius 2 is 2.18 bits per heavy atom. The Morgan fingerprint density at radius 1 is 1.47 bits per heavy atom. The van der Waals surface area contributed by atoms with Crippen LogP contribution in [0.15, 0.2) is 42.5 Å². The predicted molar refractivity (Wildman–Crippen MR) is 62.0 cm³/mol. The molecule has 0 aliphatic carbocycles. The average molecular weight is 231 g/mol. The van der Waals surface area contributed by atoms with E-state index in [1.54, 1.807) is 6.92 Å². The van der Waals surface area contributed by atoms with Gasteiger partial charge in [0.05, 0.1) is 12.7 Å². The second-order valence-corrected chi connectivity index (χ2v) is 3.12. The molecule has 0 radical (unpaired) electrons. The summed E-state index contributed by atoms with van der Waals surface area (Å²) in [5.41, 5.74) is 0.784. The van der Waals surface area contributed by atoms with Gasteiger partial charge in [-0.3, -0.25) is 0 Å². The Bertz CT molecular complexity index is 420. The monoisotopic (exact) mass is 231 g/mol. The van der Waals surface area contributed by atoms with Gasteiger partial charge in [-0.1, -0.05) is 30.3 Å². The van der Waals surface area contributed by atoms with Gasteiger partial charge >= 0.3 is 6.16 Å². The molecule has 17 heavy (non-hydrogen) atoms. The fourth-order valence-corrected chi connectivity index (χ4v) is 1.25. The summed E-state index contributed by atoms with van der Waals surface area (Å²) in [6.07, 6.45) is 1.43. The van der Waals surface area contributed by atoms with Crippen molar-refractivity contribution in [1.82, 2.24) is 0 Å². The summed E-state index contributed by atoms with van der Waals surface area (Å²) in [5, 5.41) is 8.49. The maximum Gasteiger partial charge on any atom is 0.509 e. The number of benzene rings is 1. The molecular formula is C13H13NO3. The Balaban J connectivity index is 2.79. The first kappa shape index (κ1) is 12.8. The summed E-state index contributed by atoms with van der Waals surface area (Å²) >= 11 is 0. The standard InChI is InChI=1S/C13H13NO3/c1-2-16-13(15)17-12(9-6-10-14)11-7-4-3-5-8-11/h3-9,12H,2H2,1H3/b9-6-. The van der Waals surface area contributed by atoms with E-state index in [2.05, 4.69) is 0 Å². The van der Waals surface area contributed by atoms with E-state index in [0.29, 0.717) is 0 Å². The number of allylic oxidation sites excluding steroid dienone is 1. The van der Waals surface area contributed by atoms with Crippen molar-refractivity contribution in [2.75, 3.05) is 6.61 Å². The van der Waals surface area contributed by atoms with Crippen LogP contribution in [0.5, 0.6) is 0 Å². The first-order chi connectivity index (χ1) is 8.27. The molecule has 1 rings (SSSR count). The van der Waals surface area contributed by atoms with Crippen molar-refractivity contribution in [2.24, 2.45) is 0 Å². The lowest BCUT2D eigenvalue weighted by molar-refractivity contribution is 0.0401. The maximum atomic E-state index is 11.2. The highest BCUT2D eigenvalue weighted by Gasteiger charge is 2.13. The second kappa shape index (κ2) is 7.07. The molecule has 0 spiro atoms. The van der Waals surface area contributed by atoms with Gasteiger partial charge in [-0.2, -0.15) is 5.26 Å². The minimum atomic E-state index is -0.746. The predicted octanol–water partition coefficient (Wildman–Crippen LogP) is 2.98.